The van der Waals surface area contributed by atoms with E-state index in [0.717, 1.165) is 18.8 Å². The van der Waals surface area contributed by atoms with Gasteiger partial charge in [-0.05, 0) is 50.3 Å². The third-order valence-corrected chi connectivity index (χ3v) is 4.08. The van der Waals surface area contributed by atoms with Crippen LogP contribution in [-0.4, -0.2) is 6.61 Å². The summed E-state index contributed by atoms with van der Waals surface area (Å²) in [7, 11) is 0. The third kappa shape index (κ3) is 6.37. The summed E-state index contributed by atoms with van der Waals surface area (Å²) in [6.07, 6.45) is 13.1. The summed E-state index contributed by atoms with van der Waals surface area (Å²) >= 11 is 0. The fraction of sp³-hybridized carbons (Fsp3) is 0.600. The highest BCUT2D eigenvalue weighted by Gasteiger charge is 2.08. The first-order valence-corrected chi connectivity index (χ1v) is 8.53. The Labute approximate surface area is 131 Å². The first kappa shape index (κ1) is 17.8. The fourth-order valence-electron chi connectivity index (χ4n) is 2.51. The van der Waals surface area contributed by atoms with Gasteiger partial charge in [0.1, 0.15) is 5.75 Å². The number of unbranched alkanes of at least 4 members (excludes halogenated alkanes) is 5. The molecule has 0 saturated carbocycles. The van der Waals surface area contributed by atoms with Crippen molar-refractivity contribution in [3.63, 3.8) is 0 Å². The molecule has 118 valence electrons. The molecule has 1 rings (SSSR count). The van der Waals surface area contributed by atoms with Crippen molar-refractivity contribution in [1.29, 1.82) is 0 Å². The Morgan fingerprint density at radius 1 is 1.00 bits per heavy atom. The van der Waals surface area contributed by atoms with Crippen molar-refractivity contribution in [1.82, 2.24) is 0 Å². The van der Waals surface area contributed by atoms with E-state index >= 15 is 0 Å². The predicted molar refractivity (Wildman–Crippen MR) is 93.3 cm³/mol. The van der Waals surface area contributed by atoms with Gasteiger partial charge in [0.25, 0.3) is 0 Å². The van der Waals surface area contributed by atoms with E-state index < -0.39 is 0 Å². The van der Waals surface area contributed by atoms with Crippen molar-refractivity contribution < 1.29 is 4.74 Å². The smallest absolute Gasteiger partial charge is 0.125 e. The first-order valence-electron chi connectivity index (χ1n) is 8.53. The molecule has 0 aliphatic carbocycles. The minimum atomic E-state index is 0.846. The summed E-state index contributed by atoms with van der Waals surface area (Å²) in [4.78, 5) is 0. The van der Waals surface area contributed by atoms with Gasteiger partial charge in [0, 0.05) is 0 Å². The van der Waals surface area contributed by atoms with Crippen LogP contribution in [0.2, 0.25) is 0 Å². The predicted octanol–water partition coefficient (Wildman–Crippen LogP) is 6.16. The van der Waals surface area contributed by atoms with E-state index in [-0.39, 0.29) is 0 Å². The monoisotopic (exact) mass is 288 g/mol. The van der Waals surface area contributed by atoms with Crippen LogP contribution in [0.4, 0.5) is 0 Å². The van der Waals surface area contributed by atoms with Crippen molar-refractivity contribution in [2.24, 2.45) is 0 Å². The molecule has 0 saturated heterocycles. The van der Waals surface area contributed by atoms with Crippen molar-refractivity contribution in [2.75, 3.05) is 6.61 Å². The molecule has 1 aromatic carbocycles. The zero-order valence-electron chi connectivity index (χ0n) is 14.4. The van der Waals surface area contributed by atoms with Crippen molar-refractivity contribution in [3.05, 3.63) is 41.0 Å². The second kappa shape index (κ2) is 10.5. The van der Waals surface area contributed by atoms with E-state index in [1.807, 2.05) is 0 Å². The van der Waals surface area contributed by atoms with Crippen molar-refractivity contribution in [3.8, 4) is 5.75 Å². The topological polar surface area (TPSA) is 9.23 Å². The summed E-state index contributed by atoms with van der Waals surface area (Å²) in [6.45, 7) is 9.50. The molecule has 0 fully saturated rings. The molecule has 1 nitrogen and oxygen atoms in total. The van der Waals surface area contributed by atoms with Gasteiger partial charge >= 0.3 is 0 Å². The molecule has 1 aromatic rings. The van der Waals surface area contributed by atoms with Crippen LogP contribution in [0.5, 0.6) is 5.75 Å². The molecular formula is C20H32O. The maximum atomic E-state index is 6.12. The van der Waals surface area contributed by atoms with Crippen LogP contribution in [0.1, 0.15) is 69.1 Å². The first-order chi connectivity index (χ1) is 10.2. The van der Waals surface area contributed by atoms with E-state index in [1.165, 1.54) is 55.2 Å². The number of aryl methyl sites for hydroxylation is 1. The lowest BCUT2D eigenvalue weighted by molar-refractivity contribution is 0.300. The van der Waals surface area contributed by atoms with Crippen molar-refractivity contribution >= 4 is 0 Å². The highest BCUT2D eigenvalue weighted by Crippen LogP contribution is 2.27. The van der Waals surface area contributed by atoms with Gasteiger partial charge in [0.05, 0.1) is 6.61 Å². The van der Waals surface area contributed by atoms with Crippen LogP contribution in [0.25, 0.3) is 0 Å². The Balaban J connectivity index is 2.50. The zero-order chi connectivity index (χ0) is 15.5. The lowest BCUT2D eigenvalue weighted by atomic mass is 10.0. The highest BCUT2D eigenvalue weighted by atomic mass is 16.5. The summed E-state index contributed by atoms with van der Waals surface area (Å²) in [5, 5.41) is 0. The van der Waals surface area contributed by atoms with E-state index in [0.29, 0.717) is 0 Å². The lowest BCUT2D eigenvalue weighted by Gasteiger charge is -2.15. The Kier molecular flexibility index (Phi) is 8.89. The van der Waals surface area contributed by atoms with Gasteiger partial charge in [-0.25, -0.2) is 0 Å². The van der Waals surface area contributed by atoms with E-state index in [9.17, 15) is 0 Å². The zero-order valence-corrected chi connectivity index (χ0v) is 14.4. The molecule has 0 spiro atoms. The van der Waals surface area contributed by atoms with Gasteiger partial charge in [-0.1, -0.05) is 63.3 Å². The Hall–Kier alpha value is -1.24. The summed E-state index contributed by atoms with van der Waals surface area (Å²) in [5.41, 5.74) is 3.92. The van der Waals surface area contributed by atoms with Crippen LogP contribution in [0.3, 0.4) is 0 Å². The lowest BCUT2D eigenvalue weighted by Crippen LogP contribution is -2.03. The summed E-state index contributed by atoms with van der Waals surface area (Å²) < 4.78 is 6.12. The number of hydrogen-bond donors (Lipinski definition) is 0. The van der Waals surface area contributed by atoms with Crippen LogP contribution in [0.15, 0.2) is 24.3 Å². The molecule has 0 aliphatic rings. The van der Waals surface area contributed by atoms with Gasteiger partial charge in [-0.15, -0.1) is 0 Å². The highest BCUT2D eigenvalue weighted by molar-refractivity contribution is 5.46. The fourth-order valence-corrected chi connectivity index (χ4v) is 2.51. The average Bonchev–Trinajstić information content (AvgIpc) is 2.49. The Bertz CT molecular complexity index is 432. The standard InChI is InChI=1S/C20H32O/c1-5-7-9-10-11-12-16-21-20-18(4)17(3)14-15-19(20)13-8-6-2/h6,8,14-15H,5,7,9-13,16H2,1-4H3/b8-6+. The third-order valence-electron chi connectivity index (χ3n) is 4.08. The van der Waals surface area contributed by atoms with E-state index in [1.54, 1.807) is 0 Å². The average molecular weight is 288 g/mol. The summed E-state index contributed by atoms with van der Waals surface area (Å²) in [6, 6.07) is 4.41. The normalized spacial score (nSPS) is 11.2. The molecule has 0 radical (unpaired) electrons. The van der Waals surface area contributed by atoms with Crippen LogP contribution >= 0.6 is 0 Å². The maximum Gasteiger partial charge on any atom is 0.125 e. The molecule has 0 N–H and O–H groups in total. The molecule has 0 unspecified atom stereocenters. The number of ether oxygens (including phenoxy) is 1. The van der Waals surface area contributed by atoms with Gasteiger partial charge in [0.15, 0.2) is 0 Å². The van der Waals surface area contributed by atoms with Gasteiger partial charge in [0.2, 0.25) is 0 Å². The van der Waals surface area contributed by atoms with Gasteiger partial charge in [-0.2, -0.15) is 0 Å². The molecule has 0 amide bonds. The van der Waals surface area contributed by atoms with Crippen LogP contribution in [-0.2, 0) is 6.42 Å². The quantitative estimate of drug-likeness (QED) is 0.370. The Morgan fingerprint density at radius 3 is 2.43 bits per heavy atom. The molecule has 0 aromatic heterocycles. The second-order valence-electron chi connectivity index (χ2n) is 5.89. The molecule has 0 aliphatic heterocycles. The van der Waals surface area contributed by atoms with Crippen LogP contribution < -0.4 is 4.74 Å². The van der Waals surface area contributed by atoms with Crippen molar-refractivity contribution in [2.45, 2.75) is 72.6 Å². The SMILES string of the molecule is C/C=C/Cc1ccc(C)c(C)c1OCCCCCCCC. The minimum Gasteiger partial charge on any atom is -0.493 e. The number of allylic oxidation sites excluding steroid dienone is 2. The second-order valence-corrected chi connectivity index (χ2v) is 5.89. The molecule has 21 heavy (non-hydrogen) atoms. The number of hydrogen-bond acceptors (Lipinski definition) is 1. The van der Waals surface area contributed by atoms with Gasteiger partial charge in [-0.3, -0.25) is 0 Å². The number of benzene rings is 1. The Morgan fingerprint density at radius 2 is 1.71 bits per heavy atom. The van der Waals surface area contributed by atoms with E-state index in [2.05, 4.69) is 52.0 Å². The molecule has 1 heteroatoms. The molecule has 0 bridgehead atoms. The largest absolute Gasteiger partial charge is 0.493 e. The molecular weight excluding hydrogens is 256 g/mol. The molecule has 0 heterocycles. The molecule has 0 atom stereocenters. The maximum absolute atomic E-state index is 6.12. The number of rotatable bonds is 10. The summed E-state index contributed by atoms with van der Waals surface area (Å²) in [5.74, 6) is 1.11. The van der Waals surface area contributed by atoms with Gasteiger partial charge < -0.3 is 4.74 Å². The van der Waals surface area contributed by atoms with E-state index in [4.69, 9.17) is 4.74 Å². The minimum absolute atomic E-state index is 0.846. The van der Waals surface area contributed by atoms with Crippen LogP contribution in [0, 0.1) is 13.8 Å².